The second-order valence-corrected chi connectivity index (χ2v) is 10.9. The average Bonchev–Trinajstić information content (AvgIpc) is 3.48. The summed E-state index contributed by atoms with van der Waals surface area (Å²) in [5, 5.41) is 11.4. The number of carbonyl (C=O) groups is 2. The van der Waals surface area contributed by atoms with Crippen LogP contribution >= 0.6 is 0 Å². The maximum Gasteiger partial charge on any atom is 0.389 e. The molecule has 226 valence electrons. The first-order chi connectivity index (χ1) is 19.6. The van der Waals surface area contributed by atoms with E-state index in [-0.39, 0.29) is 36.4 Å². The van der Waals surface area contributed by atoms with E-state index in [1.165, 1.54) is 0 Å². The van der Waals surface area contributed by atoms with E-state index in [0.29, 0.717) is 54.9 Å². The third kappa shape index (κ3) is 10.8. The summed E-state index contributed by atoms with van der Waals surface area (Å²) >= 11 is 0. The molecule has 0 aromatic heterocycles. The van der Waals surface area contributed by atoms with Crippen LogP contribution in [0.4, 0.5) is 13.2 Å². The third-order valence-corrected chi connectivity index (χ3v) is 7.81. The lowest BCUT2D eigenvalue weighted by molar-refractivity contribution is -0.136. The van der Waals surface area contributed by atoms with E-state index < -0.39 is 18.7 Å². The predicted octanol–water partition coefficient (Wildman–Crippen LogP) is 6.81. The molecule has 2 aromatic rings. The highest BCUT2D eigenvalue weighted by Crippen LogP contribution is 2.33. The van der Waals surface area contributed by atoms with Crippen molar-refractivity contribution in [3.63, 3.8) is 0 Å². The molecule has 3 rings (SSSR count). The number of alkyl halides is 3. The van der Waals surface area contributed by atoms with Crippen LogP contribution in [0.2, 0.25) is 0 Å². The van der Waals surface area contributed by atoms with E-state index in [2.05, 4.69) is 4.90 Å². The van der Waals surface area contributed by atoms with Crippen LogP contribution in [0, 0.1) is 11.8 Å². The van der Waals surface area contributed by atoms with E-state index >= 15 is 0 Å². The van der Waals surface area contributed by atoms with Gasteiger partial charge in [0.2, 0.25) is 0 Å². The summed E-state index contributed by atoms with van der Waals surface area (Å²) in [6.45, 7) is 4.29. The Balaban J connectivity index is 1.54. The zero-order chi connectivity index (χ0) is 29.8. The van der Waals surface area contributed by atoms with E-state index in [9.17, 15) is 27.9 Å². The molecule has 0 spiro atoms. The van der Waals surface area contributed by atoms with Crippen LogP contribution in [0.1, 0.15) is 80.3 Å². The van der Waals surface area contributed by atoms with Gasteiger partial charge in [-0.1, -0.05) is 19.1 Å². The number of aliphatic hydroxyl groups is 1. The van der Waals surface area contributed by atoms with Crippen LogP contribution in [0.5, 0.6) is 11.5 Å². The van der Waals surface area contributed by atoms with Crippen LogP contribution in [-0.4, -0.2) is 61.1 Å². The highest BCUT2D eigenvalue weighted by molar-refractivity contribution is 5.96. The Hall–Kier alpha value is -2.91. The Labute approximate surface area is 240 Å². The zero-order valence-electron chi connectivity index (χ0n) is 24.0. The number of nitrogens with zero attached hydrogens (tertiary/aromatic N) is 1. The maximum absolute atomic E-state index is 13.2. The first-order valence-corrected chi connectivity index (χ1v) is 14.5. The summed E-state index contributed by atoms with van der Waals surface area (Å²) in [6, 6.07) is 13.7. The Morgan fingerprint density at radius 2 is 1.54 bits per heavy atom. The monoisotopic (exact) mass is 577 g/mol. The first-order valence-electron chi connectivity index (χ1n) is 14.5. The number of halogens is 3. The van der Waals surface area contributed by atoms with Gasteiger partial charge in [-0.3, -0.25) is 9.59 Å². The lowest BCUT2D eigenvalue weighted by Gasteiger charge is -2.32. The smallest absolute Gasteiger partial charge is 0.389 e. The molecular formula is C32H42F3NO5. The summed E-state index contributed by atoms with van der Waals surface area (Å²) in [4.78, 5) is 28.0. The van der Waals surface area contributed by atoms with Crippen LogP contribution in [0.25, 0.3) is 0 Å². The molecule has 1 saturated heterocycles. The van der Waals surface area contributed by atoms with E-state index in [0.717, 1.165) is 25.9 Å². The Bertz CT molecular complexity index is 1080. The number of ketones is 2. The summed E-state index contributed by atoms with van der Waals surface area (Å²) in [6.07, 6.45) is -2.03. The number of benzene rings is 2. The number of unbranched alkanes of at least 4 members (excludes halogenated alkanes) is 1. The van der Waals surface area contributed by atoms with Gasteiger partial charge in [0.15, 0.2) is 5.78 Å². The van der Waals surface area contributed by atoms with Gasteiger partial charge in [-0.15, -0.1) is 0 Å². The molecule has 3 atom stereocenters. The fourth-order valence-electron chi connectivity index (χ4n) is 5.24. The lowest BCUT2D eigenvalue weighted by atomic mass is 9.81. The number of hydrogen-bond acceptors (Lipinski definition) is 6. The first kappa shape index (κ1) is 32.6. The van der Waals surface area contributed by atoms with Gasteiger partial charge >= 0.3 is 6.18 Å². The SMILES string of the molecule is COc1ccc(C(=O)CCCCC(=O)C(C)C(CN2CCCC2)C(O)c2ccc(OCCCC(F)(F)F)cc2)cc1. The van der Waals surface area contributed by atoms with Crippen molar-refractivity contribution < 1.29 is 37.3 Å². The summed E-state index contributed by atoms with van der Waals surface area (Å²) in [5.41, 5.74) is 1.26. The number of rotatable bonds is 17. The molecule has 2 aromatic carbocycles. The number of hydrogen-bond donors (Lipinski definition) is 1. The number of Topliss-reactive ketones (excluding diaryl/α,β-unsaturated/α-hetero) is 2. The van der Waals surface area contributed by atoms with Crippen LogP contribution in [0.15, 0.2) is 48.5 Å². The summed E-state index contributed by atoms with van der Waals surface area (Å²) in [5.74, 6) is 0.516. The second kappa shape index (κ2) is 15.9. The van der Waals surface area contributed by atoms with E-state index in [1.54, 1.807) is 55.6 Å². The van der Waals surface area contributed by atoms with Crippen molar-refractivity contribution in [2.45, 2.75) is 70.6 Å². The maximum atomic E-state index is 13.2. The molecule has 0 bridgehead atoms. The van der Waals surface area contributed by atoms with Crippen LogP contribution < -0.4 is 9.47 Å². The van der Waals surface area contributed by atoms with Gasteiger partial charge < -0.3 is 19.5 Å². The average molecular weight is 578 g/mol. The highest BCUT2D eigenvalue weighted by atomic mass is 19.4. The van der Waals surface area contributed by atoms with Gasteiger partial charge in [0.05, 0.1) is 19.8 Å². The molecular weight excluding hydrogens is 535 g/mol. The van der Waals surface area contributed by atoms with E-state index in [1.807, 2.05) is 6.92 Å². The van der Waals surface area contributed by atoms with Crippen molar-refractivity contribution in [1.29, 1.82) is 0 Å². The van der Waals surface area contributed by atoms with Gasteiger partial charge in [-0.25, -0.2) is 0 Å². The van der Waals surface area contributed by atoms with Gasteiger partial charge in [0, 0.05) is 43.2 Å². The fourth-order valence-corrected chi connectivity index (χ4v) is 5.24. The number of carbonyl (C=O) groups excluding carboxylic acids is 2. The summed E-state index contributed by atoms with van der Waals surface area (Å²) < 4.78 is 47.6. The molecule has 3 unspecified atom stereocenters. The predicted molar refractivity (Wildman–Crippen MR) is 151 cm³/mol. The van der Waals surface area contributed by atoms with Gasteiger partial charge in [-0.05, 0) is 87.2 Å². The Morgan fingerprint density at radius 3 is 2.15 bits per heavy atom. The van der Waals surface area contributed by atoms with Gasteiger partial charge in [0.1, 0.15) is 17.3 Å². The molecule has 1 N–H and O–H groups in total. The fraction of sp³-hybridized carbons (Fsp3) is 0.562. The molecule has 1 heterocycles. The van der Waals surface area contributed by atoms with Crippen molar-refractivity contribution >= 4 is 11.6 Å². The second-order valence-electron chi connectivity index (χ2n) is 10.9. The zero-order valence-corrected chi connectivity index (χ0v) is 24.0. The Morgan fingerprint density at radius 1 is 0.927 bits per heavy atom. The number of likely N-dealkylation sites (tertiary alicyclic amines) is 1. The largest absolute Gasteiger partial charge is 0.497 e. The van der Waals surface area contributed by atoms with Gasteiger partial charge in [0.25, 0.3) is 0 Å². The molecule has 0 aliphatic carbocycles. The molecule has 41 heavy (non-hydrogen) atoms. The number of ether oxygens (including phenoxy) is 2. The standard InChI is InChI=1S/C32H42F3NO5/c1-23(29(37)8-3-4-9-30(38)24-10-14-26(40-2)15-11-24)28(22-36-19-5-6-20-36)31(39)25-12-16-27(17-13-25)41-21-7-18-32(33,34)35/h10-17,23,28,31,39H,3-9,18-22H2,1-2H3. The quantitative estimate of drug-likeness (QED) is 0.164. The van der Waals surface area contributed by atoms with E-state index in [4.69, 9.17) is 9.47 Å². The van der Waals surface area contributed by atoms with Crippen molar-refractivity contribution in [1.82, 2.24) is 4.90 Å². The minimum Gasteiger partial charge on any atom is -0.497 e. The van der Waals surface area contributed by atoms with Crippen molar-refractivity contribution in [3.05, 3.63) is 59.7 Å². The third-order valence-electron chi connectivity index (χ3n) is 7.81. The topological polar surface area (TPSA) is 76.1 Å². The highest BCUT2D eigenvalue weighted by Gasteiger charge is 2.33. The van der Waals surface area contributed by atoms with Crippen molar-refractivity contribution in [2.75, 3.05) is 33.4 Å². The van der Waals surface area contributed by atoms with Crippen molar-refractivity contribution in [3.8, 4) is 11.5 Å². The summed E-state index contributed by atoms with van der Waals surface area (Å²) in [7, 11) is 1.57. The number of aliphatic hydroxyl groups excluding tert-OH is 1. The van der Waals surface area contributed by atoms with Crippen LogP contribution in [0.3, 0.4) is 0 Å². The molecule has 1 fully saturated rings. The molecule has 9 heteroatoms. The molecule has 0 amide bonds. The molecule has 1 aliphatic heterocycles. The molecule has 1 aliphatic rings. The molecule has 0 saturated carbocycles. The Kier molecular flexibility index (Phi) is 12.7. The normalized spacial score (nSPS) is 16.2. The minimum absolute atomic E-state index is 0.0308. The minimum atomic E-state index is -4.20. The number of methoxy groups -OCH3 is 1. The molecule has 0 radical (unpaired) electrons. The van der Waals surface area contributed by atoms with Crippen molar-refractivity contribution in [2.24, 2.45) is 11.8 Å². The van der Waals surface area contributed by atoms with Crippen LogP contribution in [-0.2, 0) is 4.79 Å². The lowest BCUT2D eigenvalue weighted by Crippen LogP contribution is -2.36. The van der Waals surface area contributed by atoms with Gasteiger partial charge in [-0.2, -0.15) is 13.2 Å². The molecule has 6 nitrogen and oxygen atoms in total.